The van der Waals surface area contributed by atoms with E-state index in [1.54, 1.807) is 0 Å². The number of hydrogen-bond acceptors (Lipinski definition) is 1. The number of benzene rings is 1. The molecule has 1 nitrogen and oxygen atoms in total. The fourth-order valence-corrected chi connectivity index (χ4v) is 1.28. The van der Waals surface area contributed by atoms with Gasteiger partial charge in [-0.25, -0.2) is 0 Å². The van der Waals surface area contributed by atoms with E-state index in [-0.39, 0.29) is 0 Å². The van der Waals surface area contributed by atoms with Crippen molar-refractivity contribution in [1.29, 1.82) is 0 Å². The van der Waals surface area contributed by atoms with E-state index in [1.165, 1.54) is 11.1 Å². The first-order chi connectivity index (χ1) is 5.40. The van der Waals surface area contributed by atoms with Gasteiger partial charge in [-0.3, -0.25) is 0 Å². The van der Waals surface area contributed by atoms with Crippen LogP contribution < -0.4 is 0 Å². The quantitative estimate of drug-likeness (QED) is 0.488. The van der Waals surface area contributed by atoms with Crippen molar-refractivity contribution in [2.45, 2.75) is 12.0 Å². The van der Waals surface area contributed by atoms with E-state index in [0.29, 0.717) is 12.0 Å². The molecule has 0 bridgehead atoms. The molecule has 1 saturated heterocycles. The van der Waals surface area contributed by atoms with Crippen LogP contribution in [0.4, 0.5) is 0 Å². The zero-order valence-corrected chi connectivity index (χ0v) is 6.84. The van der Waals surface area contributed by atoms with Crippen LogP contribution >= 0.6 is 11.6 Å². The fourth-order valence-electron chi connectivity index (χ4n) is 1.12. The molecule has 0 saturated carbocycles. The van der Waals surface area contributed by atoms with Crippen LogP contribution in [0.1, 0.15) is 17.2 Å². The first kappa shape index (κ1) is 7.14. The minimum atomic E-state index is 0.346. The summed E-state index contributed by atoms with van der Waals surface area (Å²) in [4.78, 5) is 0. The zero-order valence-electron chi connectivity index (χ0n) is 6.09. The molecule has 1 aromatic rings. The molecule has 58 valence electrons. The Bertz CT molecular complexity index is 255. The maximum atomic E-state index is 5.68. The molecule has 11 heavy (non-hydrogen) atoms. The fraction of sp³-hybridized carbons (Fsp3) is 0.333. The molecule has 0 N–H and O–H groups in total. The van der Waals surface area contributed by atoms with E-state index in [1.807, 2.05) is 12.1 Å². The molecule has 0 radical (unpaired) electrons. The van der Waals surface area contributed by atoms with Crippen molar-refractivity contribution in [3.63, 3.8) is 0 Å². The average Bonchev–Trinajstić information content (AvgIpc) is 2.87. The second kappa shape index (κ2) is 2.84. The Morgan fingerprint density at radius 3 is 3.00 bits per heavy atom. The second-order valence-corrected chi connectivity index (χ2v) is 2.97. The third-order valence-electron chi connectivity index (χ3n) is 1.81. The van der Waals surface area contributed by atoms with Crippen LogP contribution in [0.3, 0.4) is 0 Å². The maximum absolute atomic E-state index is 5.68. The van der Waals surface area contributed by atoms with Crippen LogP contribution in [0.15, 0.2) is 24.3 Å². The van der Waals surface area contributed by atoms with E-state index in [9.17, 15) is 0 Å². The Morgan fingerprint density at radius 2 is 2.36 bits per heavy atom. The first-order valence-electron chi connectivity index (χ1n) is 3.66. The normalized spacial score (nSPS) is 21.7. The second-order valence-electron chi connectivity index (χ2n) is 2.70. The van der Waals surface area contributed by atoms with Gasteiger partial charge in [-0.2, -0.15) is 0 Å². The lowest BCUT2D eigenvalue weighted by molar-refractivity contribution is 0.415. The van der Waals surface area contributed by atoms with Gasteiger partial charge in [0.1, 0.15) is 6.10 Å². The first-order valence-corrected chi connectivity index (χ1v) is 4.20. The zero-order chi connectivity index (χ0) is 7.68. The van der Waals surface area contributed by atoms with Gasteiger partial charge in [0.25, 0.3) is 0 Å². The van der Waals surface area contributed by atoms with Gasteiger partial charge < -0.3 is 4.74 Å². The summed E-state index contributed by atoms with van der Waals surface area (Å²) in [5.41, 5.74) is 2.42. The van der Waals surface area contributed by atoms with Crippen molar-refractivity contribution < 1.29 is 4.74 Å². The monoisotopic (exact) mass is 168 g/mol. The third-order valence-corrected chi connectivity index (χ3v) is 2.12. The van der Waals surface area contributed by atoms with Crippen LogP contribution in [0.25, 0.3) is 0 Å². The van der Waals surface area contributed by atoms with Gasteiger partial charge in [0.15, 0.2) is 0 Å². The highest BCUT2D eigenvalue weighted by molar-refractivity contribution is 6.17. The molecule has 0 spiro atoms. The predicted molar refractivity (Wildman–Crippen MR) is 44.7 cm³/mol. The Hall–Kier alpha value is -0.530. The standard InChI is InChI=1S/C9H9ClO/c10-5-7-2-1-3-8(4-7)9-6-11-9/h1-4,9H,5-6H2. The molecular formula is C9H9ClO. The number of hydrogen-bond donors (Lipinski definition) is 0. The van der Waals surface area contributed by atoms with Crippen molar-refractivity contribution in [1.82, 2.24) is 0 Å². The summed E-state index contributed by atoms with van der Waals surface area (Å²) in [6.07, 6.45) is 0.346. The van der Waals surface area contributed by atoms with Crippen LogP contribution in [0.2, 0.25) is 0 Å². The highest BCUT2D eigenvalue weighted by Crippen LogP contribution is 2.30. The van der Waals surface area contributed by atoms with E-state index in [0.717, 1.165) is 6.61 Å². The number of alkyl halides is 1. The van der Waals surface area contributed by atoms with Crippen LogP contribution in [0, 0.1) is 0 Å². The molecule has 1 fully saturated rings. The summed E-state index contributed by atoms with van der Waals surface area (Å²) in [6.45, 7) is 0.867. The average molecular weight is 169 g/mol. The van der Waals surface area contributed by atoms with E-state index in [4.69, 9.17) is 16.3 Å². The van der Waals surface area contributed by atoms with Crippen molar-refractivity contribution >= 4 is 11.6 Å². The Balaban J connectivity index is 2.26. The Morgan fingerprint density at radius 1 is 1.55 bits per heavy atom. The molecule has 2 heteroatoms. The maximum Gasteiger partial charge on any atom is 0.106 e. The minimum absolute atomic E-state index is 0.346. The molecule has 1 unspecified atom stereocenters. The molecular weight excluding hydrogens is 160 g/mol. The van der Waals surface area contributed by atoms with Gasteiger partial charge in [0.05, 0.1) is 6.61 Å². The van der Waals surface area contributed by atoms with E-state index in [2.05, 4.69) is 12.1 Å². The van der Waals surface area contributed by atoms with Crippen molar-refractivity contribution in [3.8, 4) is 0 Å². The van der Waals surface area contributed by atoms with Gasteiger partial charge in [-0.15, -0.1) is 11.6 Å². The number of rotatable bonds is 2. The van der Waals surface area contributed by atoms with Gasteiger partial charge in [-0.1, -0.05) is 24.3 Å². The topological polar surface area (TPSA) is 12.5 Å². The lowest BCUT2D eigenvalue weighted by atomic mass is 10.1. The van der Waals surface area contributed by atoms with Crippen molar-refractivity contribution in [3.05, 3.63) is 35.4 Å². The SMILES string of the molecule is ClCc1cccc(C2CO2)c1. The molecule has 1 heterocycles. The summed E-state index contributed by atoms with van der Waals surface area (Å²) in [7, 11) is 0. The summed E-state index contributed by atoms with van der Waals surface area (Å²) in [5.74, 6) is 0.584. The Kier molecular flexibility index (Phi) is 1.84. The molecule has 1 atom stereocenters. The molecule has 0 aromatic heterocycles. The molecule has 0 aliphatic carbocycles. The van der Waals surface area contributed by atoms with Crippen molar-refractivity contribution in [2.24, 2.45) is 0 Å². The van der Waals surface area contributed by atoms with Gasteiger partial charge in [0, 0.05) is 5.88 Å². The molecule has 1 aliphatic heterocycles. The van der Waals surface area contributed by atoms with Crippen LogP contribution in [-0.4, -0.2) is 6.61 Å². The minimum Gasteiger partial charge on any atom is -0.368 e. The molecule has 2 rings (SSSR count). The summed E-state index contributed by atoms with van der Waals surface area (Å²) in [6, 6.07) is 8.23. The van der Waals surface area contributed by atoms with Gasteiger partial charge >= 0.3 is 0 Å². The molecule has 0 amide bonds. The molecule has 1 aromatic carbocycles. The predicted octanol–water partition coefficient (Wildman–Crippen LogP) is 2.50. The van der Waals surface area contributed by atoms with Gasteiger partial charge in [0.2, 0.25) is 0 Å². The van der Waals surface area contributed by atoms with Crippen LogP contribution in [-0.2, 0) is 10.6 Å². The van der Waals surface area contributed by atoms with Gasteiger partial charge in [-0.05, 0) is 11.1 Å². The van der Waals surface area contributed by atoms with Crippen molar-refractivity contribution in [2.75, 3.05) is 6.61 Å². The lowest BCUT2D eigenvalue weighted by Gasteiger charge is -1.97. The highest BCUT2D eigenvalue weighted by atomic mass is 35.5. The number of ether oxygens (including phenoxy) is 1. The summed E-state index contributed by atoms with van der Waals surface area (Å²) in [5, 5.41) is 0. The number of halogens is 1. The highest BCUT2D eigenvalue weighted by Gasteiger charge is 2.24. The number of epoxide rings is 1. The third kappa shape index (κ3) is 1.55. The van der Waals surface area contributed by atoms with Crippen LogP contribution in [0.5, 0.6) is 0 Å². The van der Waals surface area contributed by atoms with E-state index >= 15 is 0 Å². The largest absolute Gasteiger partial charge is 0.368 e. The summed E-state index contributed by atoms with van der Waals surface area (Å²) >= 11 is 5.68. The Labute approximate surface area is 70.9 Å². The summed E-state index contributed by atoms with van der Waals surface area (Å²) < 4.78 is 5.15. The smallest absolute Gasteiger partial charge is 0.106 e. The van der Waals surface area contributed by atoms with E-state index < -0.39 is 0 Å². The molecule has 1 aliphatic rings. The lowest BCUT2D eigenvalue weighted by Crippen LogP contribution is -1.83.